The minimum atomic E-state index is -4.45. The van der Waals surface area contributed by atoms with Crippen molar-refractivity contribution in [3.8, 4) is 10.6 Å². The molecule has 0 saturated heterocycles. The van der Waals surface area contributed by atoms with Crippen molar-refractivity contribution in [2.75, 3.05) is 0 Å². The summed E-state index contributed by atoms with van der Waals surface area (Å²) in [4.78, 5) is 7.63. The van der Waals surface area contributed by atoms with E-state index < -0.39 is 11.9 Å². The van der Waals surface area contributed by atoms with E-state index in [1.165, 1.54) is 11.3 Å². The molecule has 17 heavy (non-hydrogen) atoms. The lowest BCUT2D eigenvalue weighted by Gasteiger charge is -2.07. The van der Waals surface area contributed by atoms with Gasteiger partial charge in [-0.1, -0.05) is 0 Å². The van der Waals surface area contributed by atoms with Gasteiger partial charge in [0.25, 0.3) is 0 Å². The van der Waals surface area contributed by atoms with E-state index in [-0.39, 0.29) is 10.5 Å². The van der Waals surface area contributed by atoms with Gasteiger partial charge in [-0.3, -0.25) is 0 Å². The number of hydrogen-bond donors (Lipinski definition) is 1. The first-order valence-electron chi connectivity index (χ1n) is 4.61. The predicted octanol–water partition coefficient (Wildman–Crippen LogP) is 4.19. The fourth-order valence-electron chi connectivity index (χ4n) is 1.31. The van der Waals surface area contributed by atoms with Gasteiger partial charge in [-0.15, -0.1) is 11.3 Å². The summed E-state index contributed by atoms with van der Waals surface area (Å²) in [7, 11) is 0. The average molecular weight is 276 g/mol. The number of nitrogens with one attached hydrogen (secondary N) is 1. The van der Waals surface area contributed by atoms with E-state index in [9.17, 15) is 13.2 Å². The lowest BCUT2D eigenvalue weighted by atomic mass is 10.3. The third-order valence-electron chi connectivity index (χ3n) is 2.04. The predicted molar refractivity (Wildman–Crippen MR) is 62.5 cm³/mol. The Balaban J connectivity index is 2.57. The van der Waals surface area contributed by atoms with Gasteiger partial charge in [-0.05, 0) is 37.3 Å². The van der Waals surface area contributed by atoms with Crippen LogP contribution in [-0.2, 0) is 6.18 Å². The molecular formula is C10H7F3N2S2. The first kappa shape index (κ1) is 12.3. The molecular weight excluding hydrogens is 269 g/mol. The van der Waals surface area contributed by atoms with E-state index in [1.807, 2.05) is 18.0 Å². The van der Waals surface area contributed by atoms with E-state index >= 15 is 0 Å². The SMILES string of the molecule is Cc1ccc(-c2cc(C(F)(F)F)[nH]c(=S)n2)s1. The van der Waals surface area contributed by atoms with Gasteiger partial charge in [-0.2, -0.15) is 13.2 Å². The minimum absolute atomic E-state index is 0.166. The van der Waals surface area contributed by atoms with Gasteiger partial charge < -0.3 is 4.98 Å². The van der Waals surface area contributed by atoms with Crippen molar-refractivity contribution < 1.29 is 13.2 Å². The number of aromatic nitrogens is 2. The van der Waals surface area contributed by atoms with Gasteiger partial charge in [0.15, 0.2) is 4.77 Å². The topological polar surface area (TPSA) is 28.7 Å². The maximum absolute atomic E-state index is 12.6. The Kier molecular flexibility index (Phi) is 3.05. The van der Waals surface area contributed by atoms with Crippen LogP contribution < -0.4 is 0 Å². The molecule has 0 aromatic carbocycles. The highest BCUT2D eigenvalue weighted by atomic mass is 32.1. The van der Waals surface area contributed by atoms with E-state index in [1.54, 1.807) is 6.07 Å². The summed E-state index contributed by atoms with van der Waals surface area (Å²) in [5, 5.41) is 0. The van der Waals surface area contributed by atoms with Crippen molar-refractivity contribution in [2.45, 2.75) is 13.1 Å². The summed E-state index contributed by atoms with van der Waals surface area (Å²) in [5.41, 5.74) is -0.627. The number of aromatic amines is 1. The molecule has 7 heteroatoms. The molecule has 2 heterocycles. The second-order valence-corrected chi connectivity index (χ2v) is 5.07. The summed E-state index contributed by atoms with van der Waals surface area (Å²) in [6, 6.07) is 4.53. The molecule has 2 rings (SSSR count). The summed E-state index contributed by atoms with van der Waals surface area (Å²) in [5.74, 6) is 0. The molecule has 2 aromatic rings. The number of halogens is 3. The number of rotatable bonds is 1. The van der Waals surface area contributed by atoms with Crippen LogP contribution in [0.2, 0.25) is 0 Å². The molecule has 0 radical (unpaired) electrons. The summed E-state index contributed by atoms with van der Waals surface area (Å²) in [6.07, 6.45) is -4.45. The molecule has 2 nitrogen and oxygen atoms in total. The van der Waals surface area contributed by atoms with Gasteiger partial charge in [0, 0.05) is 4.88 Å². The molecule has 1 N–H and O–H groups in total. The standard InChI is InChI=1S/C10H7F3N2S2/c1-5-2-3-7(17-5)6-4-8(10(11,12)13)15-9(16)14-6/h2-4H,1H3,(H,14,15,16). The number of thiophene rings is 1. The quantitative estimate of drug-likeness (QED) is 0.791. The Morgan fingerprint density at radius 2 is 2.06 bits per heavy atom. The first-order chi connectivity index (χ1) is 7.86. The van der Waals surface area contributed by atoms with Crippen LogP contribution in [0, 0.1) is 11.7 Å². The lowest BCUT2D eigenvalue weighted by molar-refractivity contribution is -0.141. The molecule has 0 fully saturated rings. The van der Waals surface area contributed by atoms with E-state index in [2.05, 4.69) is 4.98 Å². The van der Waals surface area contributed by atoms with Crippen LogP contribution in [0.1, 0.15) is 10.6 Å². The molecule has 0 aliphatic carbocycles. The highest BCUT2D eigenvalue weighted by molar-refractivity contribution is 7.71. The van der Waals surface area contributed by atoms with Crippen LogP contribution in [0.5, 0.6) is 0 Å². The van der Waals surface area contributed by atoms with Gasteiger partial charge >= 0.3 is 6.18 Å². The Bertz CT molecular complexity index is 598. The van der Waals surface area contributed by atoms with Crippen molar-refractivity contribution in [3.63, 3.8) is 0 Å². The molecule has 0 aliphatic rings. The van der Waals surface area contributed by atoms with E-state index in [0.29, 0.717) is 4.88 Å². The van der Waals surface area contributed by atoms with Crippen LogP contribution in [0.3, 0.4) is 0 Å². The maximum atomic E-state index is 12.6. The summed E-state index contributed by atoms with van der Waals surface area (Å²) < 4.78 is 37.5. The third kappa shape index (κ3) is 2.73. The minimum Gasteiger partial charge on any atom is -0.327 e. The Morgan fingerprint density at radius 3 is 2.59 bits per heavy atom. The fourth-order valence-corrected chi connectivity index (χ4v) is 2.35. The second kappa shape index (κ2) is 4.23. The first-order valence-corrected chi connectivity index (χ1v) is 5.84. The van der Waals surface area contributed by atoms with Gasteiger partial charge in [-0.25, -0.2) is 4.98 Å². The molecule has 0 aliphatic heterocycles. The number of aryl methyl sites for hydroxylation is 1. The zero-order chi connectivity index (χ0) is 12.6. The molecule has 0 unspecified atom stereocenters. The van der Waals surface area contributed by atoms with Crippen molar-refractivity contribution >= 4 is 23.6 Å². The lowest BCUT2D eigenvalue weighted by Crippen LogP contribution is -2.09. The highest BCUT2D eigenvalue weighted by Crippen LogP contribution is 2.31. The second-order valence-electron chi connectivity index (χ2n) is 3.39. The zero-order valence-electron chi connectivity index (χ0n) is 8.63. The van der Waals surface area contributed by atoms with Crippen LogP contribution >= 0.6 is 23.6 Å². The third-order valence-corrected chi connectivity index (χ3v) is 3.26. The van der Waals surface area contributed by atoms with Crippen molar-refractivity contribution in [2.24, 2.45) is 0 Å². The molecule has 0 atom stereocenters. The average Bonchev–Trinajstić information content (AvgIpc) is 2.62. The molecule has 0 amide bonds. The number of hydrogen-bond acceptors (Lipinski definition) is 3. The van der Waals surface area contributed by atoms with Crippen LogP contribution in [0.15, 0.2) is 18.2 Å². The van der Waals surface area contributed by atoms with Crippen molar-refractivity contribution in [3.05, 3.63) is 33.5 Å². The van der Waals surface area contributed by atoms with E-state index in [0.717, 1.165) is 10.9 Å². The highest BCUT2D eigenvalue weighted by Gasteiger charge is 2.32. The summed E-state index contributed by atoms with van der Waals surface area (Å²) >= 11 is 6.08. The maximum Gasteiger partial charge on any atom is 0.431 e. The summed E-state index contributed by atoms with van der Waals surface area (Å²) in [6.45, 7) is 1.88. The van der Waals surface area contributed by atoms with Crippen molar-refractivity contribution in [1.29, 1.82) is 0 Å². The van der Waals surface area contributed by atoms with Gasteiger partial charge in [0.1, 0.15) is 5.69 Å². The molecule has 2 aromatic heterocycles. The van der Waals surface area contributed by atoms with Crippen molar-refractivity contribution in [1.82, 2.24) is 9.97 Å². The van der Waals surface area contributed by atoms with Crippen LogP contribution in [0.25, 0.3) is 10.6 Å². The Morgan fingerprint density at radius 1 is 1.35 bits per heavy atom. The van der Waals surface area contributed by atoms with E-state index in [4.69, 9.17) is 12.2 Å². The number of alkyl halides is 3. The largest absolute Gasteiger partial charge is 0.431 e. The van der Waals surface area contributed by atoms with Gasteiger partial charge in [0.2, 0.25) is 0 Å². The molecule has 0 spiro atoms. The monoisotopic (exact) mass is 276 g/mol. The van der Waals surface area contributed by atoms with Crippen LogP contribution in [0.4, 0.5) is 13.2 Å². The van der Waals surface area contributed by atoms with Crippen LogP contribution in [-0.4, -0.2) is 9.97 Å². The fraction of sp³-hybridized carbons (Fsp3) is 0.200. The molecule has 0 bridgehead atoms. The van der Waals surface area contributed by atoms with Gasteiger partial charge in [0.05, 0.1) is 10.6 Å². The number of H-pyrrole nitrogens is 1. The molecule has 90 valence electrons. The molecule has 0 saturated carbocycles. The Hall–Kier alpha value is -1.21. The normalized spacial score (nSPS) is 11.8. The zero-order valence-corrected chi connectivity index (χ0v) is 10.3. The Labute approximate surface area is 104 Å². The smallest absolute Gasteiger partial charge is 0.327 e. The number of nitrogens with zero attached hydrogens (tertiary/aromatic N) is 1.